The minimum absolute atomic E-state index is 0.622. The summed E-state index contributed by atoms with van der Waals surface area (Å²) >= 11 is 3.11. The molecule has 0 radical (unpaired) electrons. The number of aryl methyl sites for hydroxylation is 1. The Kier molecular flexibility index (Phi) is 2.61. The Morgan fingerprint density at radius 1 is 1.41 bits per heavy atom. The molecule has 0 amide bonds. The molecule has 88 valence electrons. The van der Waals surface area contributed by atoms with Crippen LogP contribution >= 0.6 is 22.7 Å². The molecule has 0 aliphatic heterocycles. The molecule has 0 bridgehead atoms. The molecule has 3 rings (SSSR count). The molecule has 0 aliphatic rings. The maximum atomic E-state index is 5.50. The molecular formula is C9H10N6S2. The zero-order valence-corrected chi connectivity index (χ0v) is 10.8. The third-order valence-corrected chi connectivity index (χ3v) is 4.11. The molecule has 0 fully saturated rings. The van der Waals surface area contributed by atoms with Gasteiger partial charge >= 0.3 is 0 Å². The van der Waals surface area contributed by atoms with Crippen LogP contribution in [0.4, 0.5) is 0 Å². The van der Waals surface area contributed by atoms with Gasteiger partial charge in [0.05, 0.1) is 5.01 Å². The van der Waals surface area contributed by atoms with Crippen molar-refractivity contribution in [2.75, 3.05) is 6.54 Å². The average molecular weight is 266 g/mol. The minimum atomic E-state index is 0.622. The largest absolute Gasteiger partial charge is 0.330 e. The predicted molar refractivity (Wildman–Crippen MR) is 67.3 cm³/mol. The number of fused-ring (bicyclic) bond motifs is 1. The number of hydrogen-bond donors (Lipinski definition) is 1. The summed E-state index contributed by atoms with van der Waals surface area (Å²) in [4.78, 5) is 5.30. The van der Waals surface area contributed by atoms with E-state index < -0.39 is 0 Å². The van der Waals surface area contributed by atoms with Gasteiger partial charge in [-0.15, -0.1) is 21.5 Å². The molecule has 0 aromatic carbocycles. The Labute approximate surface area is 105 Å². The van der Waals surface area contributed by atoms with Crippen molar-refractivity contribution < 1.29 is 0 Å². The van der Waals surface area contributed by atoms with E-state index in [1.54, 1.807) is 15.9 Å². The highest BCUT2D eigenvalue weighted by Gasteiger charge is 2.12. The highest BCUT2D eigenvalue weighted by Crippen LogP contribution is 2.26. The number of nitrogens with two attached hydrogens (primary N) is 1. The summed E-state index contributed by atoms with van der Waals surface area (Å²) in [6.07, 6.45) is 0.813. The topological polar surface area (TPSA) is 82.0 Å². The second-order valence-electron chi connectivity index (χ2n) is 3.51. The van der Waals surface area contributed by atoms with Gasteiger partial charge in [0.2, 0.25) is 4.96 Å². The molecule has 8 heteroatoms. The molecule has 3 aromatic rings. The lowest BCUT2D eigenvalue weighted by Crippen LogP contribution is -2.01. The van der Waals surface area contributed by atoms with Crippen molar-refractivity contribution in [3.63, 3.8) is 0 Å². The van der Waals surface area contributed by atoms with Crippen molar-refractivity contribution in [3.8, 4) is 10.7 Å². The van der Waals surface area contributed by atoms with Crippen LogP contribution in [0.3, 0.4) is 0 Å². The zero-order chi connectivity index (χ0) is 11.8. The van der Waals surface area contributed by atoms with Crippen LogP contribution in [0.25, 0.3) is 15.7 Å². The molecule has 3 heterocycles. The number of thiazole rings is 1. The van der Waals surface area contributed by atoms with E-state index in [0.717, 1.165) is 32.9 Å². The van der Waals surface area contributed by atoms with E-state index in [2.05, 4.69) is 20.3 Å². The van der Waals surface area contributed by atoms with E-state index in [1.807, 2.05) is 12.3 Å². The maximum absolute atomic E-state index is 5.50. The van der Waals surface area contributed by atoms with Gasteiger partial charge in [0.15, 0.2) is 10.8 Å². The van der Waals surface area contributed by atoms with E-state index in [4.69, 9.17) is 5.73 Å². The van der Waals surface area contributed by atoms with Gasteiger partial charge in [-0.1, -0.05) is 11.3 Å². The Bertz CT molecular complexity index is 651. The van der Waals surface area contributed by atoms with Crippen molar-refractivity contribution in [2.24, 2.45) is 5.73 Å². The summed E-state index contributed by atoms with van der Waals surface area (Å²) in [5, 5.41) is 16.3. The lowest BCUT2D eigenvalue weighted by Gasteiger charge is -1.88. The van der Waals surface area contributed by atoms with Crippen LogP contribution < -0.4 is 5.73 Å². The Morgan fingerprint density at radius 2 is 2.29 bits per heavy atom. The Hall–Kier alpha value is -1.38. The van der Waals surface area contributed by atoms with E-state index in [0.29, 0.717) is 6.54 Å². The molecule has 0 saturated carbocycles. The Morgan fingerprint density at radius 3 is 3.06 bits per heavy atom. The number of rotatable bonds is 3. The highest BCUT2D eigenvalue weighted by atomic mass is 32.1. The van der Waals surface area contributed by atoms with Gasteiger partial charge in [0.25, 0.3) is 0 Å². The fourth-order valence-corrected chi connectivity index (χ4v) is 3.18. The quantitative estimate of drug-likeness (QED) is 0.768. The van der Waals surface area contributed by atoms with Gasteiger partial charge in [0.1, 0.15) is 5.69 Å². The number of aromatic nitrogens is 5. The van der Waals surface area contributed by atoms with Gasteiger partial charge in [-0.25, -0.2) is 4.98 Å². The lowest BCUT2D eigenvalue weighted by atomic mass is 10.4. The standard InChI is InChI=1S/C9H10N6S2/c1-5-12-13-9-15(5)14-8(17-9)6-4-16-7(11-6)2-3-10/h4H,2-3,10H2,1H3. The molecule has 3 aromatic heterocycles. The second-order valence-corrected chi connectivity index (χ2v) is 5.41. The van der Waals surface area contributed by atoms with Gasteiger partial charge < -0.3 is 5.73 Å². The van der Waals surface area contributed by atoms with E-state index in [9.17, 15) is 0 Å². The van der Waals surface area contributed by atoms with E-state index >= 15 is 0 Å². The van der Waals surface area contributed by atoms with Crippen LogP contribution in [0.1, 0.15) is 10.8 Å². The fourth-order valence-electron chi connectivity index (χ4n) is 1.47. The van der Waals surface area contributed by atoms with Crippen LogP contribution in [0.5, 0.6) is 0 Å². The molecule has 0 aliphatic carbocycles. The normalized spacial score (nSPS) is 11.4. The fraction of sp³-hybridized carbons (Fsp3) is 0.333. The summed E-state index contributed by atoms with van der Waals surface area (Å²) in [5.74, 6) is 0.792. The molecule has 6 nitrogen and oxygen atoms in total. The predicted octanol–water partition coefficient (Wildman–Crippen LogP) is 1.12. The maximum Gasteiger partial charge on any atom is 0.235 e. The van der Waals surface area contributed by atoms with Crippen LogP contribution in [-0.2, 0) is 6.42 Å². The van der Waals surface area contributed by atoms with Crippen LogP contribution in [0.15, 0.2) is 5.38 Å². The monoisotopic (exact) mass is 266 g/mol. The summed E-state index contributed by atoms with van der Waals surface area (Å²) in [6.45, 7) is 2.50. The SMILES string of the molecule is Cc1nnc2sc(-c3csc(CCN)n3)nn12. The van der Waals surface area contributed by atoms with Crippen LogP contribution in [-0.4, -0.2) is 31.3 Å². The first-order valence-corrected chi connectivity index (χ1v) is 6.81. The van der Waals surface area contributed by atoms with Crippen LogP contribution in [0.2, 0.25) is 0 Å². The van der Waals surface area contributed by atoms with Gasteiger partial charge in [-0.3, -0.25) is 0 Å². The van der Waals surface area contributed by atoms with Crippen molar-refractivity contribution in [1.82, 2.24) is 24.8 Å². The summed E-state index contributed by atoms with van der Waals surface area (Å²) in [5.41, 5.74) is 6.40. The van der Waals surface area contributed by atoms with E-state index in [1.165, 1.54) is 11.3 Å². The summed E-state index contributed by atoms with van der Waals surface area (Å²) < 4.78 is 1.74. The van der Waals surface area contributed by atoms with Crippen molar-refractivity contribution in [1.29, 1.82) is 0 Å². The molecule has 0 atom stereocenters. The first-order chi connectivity index (χ1) is 8.28. The Balaban J connectivity index is 2.01. The van der Waals surface area contributed by atoms with Crippen LogP contribution in [0, 0.1) is 6.92 Å². The van der Waals surface area contributed by atoms with Gasteiger partial charge in [-0.05, 0) is 13.5 Å². The van der Waals surface area contributed by atoms with Gasteiger partial charge in [0, 0.05) is 11.8 Å². The number of nitrogens with zero attached hydrogens (tertiary/aromatic N) is 5. The molecule has 0 spiro atoms. The first kappa shape index (κ1) is 10.8. The van der Waals surface area contributed by atoms with Crippen molar-refractivity contribution >= 4 is 27.6 Å². The molecule has 0 saturated heterocycles. The number of hydrogen-bond acceptors (Lipinski definition) is 7. The van der Waals surface area contributed by atoms with E-state index in [-0.39, 0.29) is 0 Å². The third-order valence-electron chi connectivity index (χ3n) is 2.28. The molecule has 0 unspecified atom stereocenters. The summed E-state index contributed by atoms with van der Waals surface area (Å²) in [7, 11) is 0. The first-order valence-electron chi connectivity index (χ1n) is 5.11. The molecular weight excluding hydrogens is 256 g/mol. The zero-order valence-electron chi connectivity index (χ0n) is 9.12. The smallest absolute Gasteiger partial charge is 0.235 e. The molecule has 17 heavy (non-hydrogen) atoms. The highest BCUT2D eigenvalue weighted by molar-refractivity contribution is 7.20. The van der Waals surface area contributed by atoms with Crippen molar-refractivity contribution in [2.45, 2.75) is 13.3 Å². The second kappa shape index (κ2) is 4.13. The lowest BCUT2D eigenvalue weighted by molar-refractivity contribution is 0.894. The molecule has 2 N–H and O–H groups in total. The van der Waals surface area contributed by atoms with Gasteiger partial charge in [-0.2, -0.15) is 9.61 Å². The average Bonchev–Trinajstić information content (AvgIpc) is 2.96. The summed E-state index contributed by atoms with van der Waals surface area (Å²) in [6, 6.07) is 0. The minimum Gasteiger partial charge on any atom is -0.330 e. The van der Waals surface area contributed by atoms with Crippen molar-refractivity contribution in [3.05, 3.63) is 16.2 Å². The third kappa shape index (κ3) is 1.84.